The molecular formula is C16H11NO5. The van der Waals surface area contributed by atoms with Crippen molar-refractivity contribution in [3.8, 4) is 0 Å². The number of methoxy groups -OCH3 is 1. The molecule has 0 radical (unpaired) electrons. The topological polar surface area (TPSA) is 85.1 Å². The van der Waals surface area contributed by atoms with E-state index in [1.165, 1.54) is 19.4 Å². The number of nitrogens with zero attached hydrogens (tertiary/aromatic N) is 1. The lowest BCUT2D eigenvalue weighted by molar-refractivity contribution is -0.131. The fourth-order valence-electron chi connectivity index (χ4n) is 2.51. The molecule has 0 bridgehead atoms. The lowest BCUT2D eigenvalue weighted by Crippen LogP contribution is -2.13. The molecule has 0 aliphatic heterocycles. The van der Waals surface area contributed by atoms with Gasteiger partial charge in [-0.3, -0.25) is 4.79 Å². The van der Waals surface area contributed by atoms with Crippen LogP contribution in [0.15, 0.2) is 42.6 Å². The van der Waals surface area contributed by atoms with Gasteiger partial charge < -0.3 is 14.2 Å². The molecular weight excluding hydrogens is 286 g/mol. The number of para-hydroxylation sites is 1. The number of ketones is 1. The van der Waals surface area contributed by atoms with Gasteiger partial charge in [0.25, 0.3) is 5.78 Å². The predicted molar refractivity (Wildman–Crippen MR) is 78.2 cm³/mol. The van der Waals surface area contributed by atoms with Crippen LogP contribution in [-0.4, -0.2) is 34.3 Å². The smallest absolute Gasteiger partial charge is 0.377 e. The number of aromatic nitrogens is 1. The molecule has 2 heterocycles. The normalized spacial score (nSPS) is 10.8. The molecule has 1 aromatic carbocycles. The molecule has 22 heavy (non-hydrogen) atoms. The van der Waals surface area contributed by atoms with Crippen molar-refractivity contribution in [2.45, 2.75) is 0 Å². The van der Waals surface area contributed by atoms with Crippen LogP contribution in [0.3, 0.4) is 0 Å². The summed E-state index contributed by atoms with van der Waals surface area (Å²) >= 11 is 0. The van der Waals surface area contributed by atoms with E-state index in [4.69, 9.17) is 9.84 Å². The molecule has 0 aliphatic carbocycles. The van der Waals surface area contributed by atoms with Gasteiger partial charge in [-0.1, -0.05) is 18.2 Å². The monoisotopic (exact) mass is 297 g/mol. The number of rotatable bonds is 3. The summed E-state index contributed by atoms with van der Waals surface area (Å²) in [5.74, 6) is -3.01. The highest BCUT2D eigenvalue weighted by Gasteiger charge is 2.21. The molecule has 0 fully saturated rings. The Labute approximate surface area is 124 Å². The van der Waals surface area contributed by atoms with Gasteiger partial charge in [0.2, 0.25) is 0 Å². The summed E-state index contributed by atoms with van der Waals surface area (Å²) in [4.78, 5) is 34.5. The fourth-order valence-corrected chi connectivity index (χ4v) is 2.51. The number of pyridine rings is 1. The number of carbonyl (C=O) groups is 3. The van der Waals surface area contributed by atoms with Crippen LogP contribution < -0.4 is 0 Å². The van der Waals surface area contributed by atoms with Crippen LogP contribution >= 0.6 is 0 Å². The van der Waals surface area contributed by atoms with Crippen molar-refractivity contribution in [3.63, 3.8) is 0 Å². The summed E-state index contributed by atoms with van der Waals surface area (Å²) in [6.45, 7) is 0. The highest BCUT2D eigenvalue weighted by molar-refractivity contribution is 6.39. The van der Waals surface area contributed by atoms with Gasteiger partial charge in [0, 0.05) is 17.1 Å². The van der Waals surface area contributed by atoms with E-state index in [1.54, 1.807) is 34.7 Å². The molecule has 3 aromatic rings. The number of Topliss-reactive ketones (excluding diaryl/α,β-unsaturated/α-hetero) is 1. The predicted octanol–water partition coefficient (Wildman–Crippen LogP) is 2.15. The van der Waals surface area contributed by atoms with Crippen LogP contribution in [-0.2, 0) is 9.53 Å². The Morgan fingerprint density at radius 3 is 2.45 bits per heavy atom. The van der Waals surface area contributed by atoms with Gasteiger partial charge in [0.05, 0.1) is 23.7 Å². The lowest BCUT2D eigenvalue weighted by atomic mass is 10.1. The van der Waals surface area contributed by atoms with Crippen molar-refractivity contribution >= 4 is 34.1 Å². The molecule has 0 atom stereocenters. The van der Waals surface area contributed by atoms with E-state index in [0.717, 1.165) is 0 Å². The average molecular weight is 297 g/mol. The molecule has 0 saturated carbocycles. The third kappa shape index (κ3) is 1.93. The minimum atomic E-state index is -1.52. The number of carbonyl (C=O) groups excluding carboxylic acids is 2. The van der Waals surface area contributed by atoms with Crippen LogP contribution in [0.25, 0.3) is 16.4 Å². The largest absolute Gasteiger partial charge is 0.475 e. The molecule has 1 N–H and O–H groups in total. The maximum atomic E-state index is 12.0. The third-order valence-electron chi connectivity index (χ3n) is 3.48. The van der Waals surface area contributed by atoms with Crippen molar-refractivity contribution < 1.29 is 24.2 Å². The Balaban J connectivity index is 2.39. The van der Waals surface area contributed by atoms with Crippen LogP contribution in [0.4, 0.5) is 0 Å². The zero-order valence-electron chi connectivity index (χ0n) is 11.6. The van der Waals surface area contributed by atoms with E-state index < -0.39 is 17.7 Å². The van der Waals surface area contributed by atoms with Crippen LogP contribution in [0.2, 0.25) is 0 Å². The minimum absolute atomic E-state index is 0.0390. The minimum Gasteiger partial charge on any atom is -0.475 e. The van der Waals surface area contributed by atoms with E-state index in [9.17, 15) is 14.4 Å². The fraction of sp³-hybridized carbons (Fsp3) is 0.0625. The standard InChI is InChI=1S/C16H11NO5/c1-22-16(21)13-10-4-2-3-5-11(10)17-8-9(6-7-12(13)17)14(18)15(19)20/h2-8H,1H3,(H,19,20). The molecule has 6 nitrogen and oxygen atoms in total. The highest BCUT2D eigenvalue weighted by atomic mass is 16.5. The quantitative estimate of drug-likeness (QED) is 0.455. The molecule has 6 heteroatoms. The van der Waals surface area contributed by atoms with Crippen molar-refractivity contribution in [3.05, 3.63) is 53.7 Å². The van der Waals surface area contributed by atoms with Crippen LogP contribution in [0, 0.1) is 0 Å². The van der Waals surface area contributed by atoms with Gasteiger partial charge in [-0.2, -0.15) is 0 Å². The first-order valence-corrected chi connectivity index (χ1v) is 6.43. The number of carboxylic acids is 1. The second-order valence-electron chi connectivity index (χ2n) is 4.69. The van der Waals surface area contributed by atoms with Gasteiger partial charge in [-0.05, 0) is 18.2 Å². The van der Waals surface area contributed by atoms with E-state index in [1.807, 2.05) is 0 Å². The lowest BCUT2D eigenvalue weighted by Gasteiger charge is -2.01. The van der Waals surface area contributed by atoms with Crippen molar-refractivity contribution in [1.82, 2.24) is 4.40 Å². The van der Waals surface area contributed by atoms with Crippen LogP contribution in [0.5, 0.6) is 0 Å². The summed E-state index contributed by atoms with van der Waals surface area (Å²) in [6, 6.07) is 10.1. The molecule has 3 rings (SSSR count). The highest BCUT2D eigenvalue weighted by Crippen LogP contribution is 2.27. The molecule has 0 unspecified atom stereocenters. The number of esters is 1. The summed E-state index contributed by atoms with van der Waals surface area (Å²) < 4.78 is 6.44. The van der Waals surface area contributed by atoms with E-state index in [0.29, 0.717) is 22.0 Å². The van der Waals surface area contributed by atoms with Gasteiger partial charge in [-0.15, -0.1) is 0 Å². The Kier molecular flexibility index (Phi) is 3.14. The van der Waals surface area contributed by atoms with Gasteiger partial charge >= 0.3 is 11.9 Å². The van der Waals surface area contributed by atoms with Crippen molar-refractivity contribution in [1.29, 1.82) is 0 Å². The Bertz CT molecular complexity index is 938. The number of carboxylic acid groups (broad SMARTS) is 1. The first-order valence-electron chi connectivity index (χ1n) is 6.43. The number of hydrogen-bond donors (Lipinski definition) is 1. The zero-order chi connectivity index (χ0) is 15.9. The number of ether oxygens (including phenoxy) is 1. The second-order valence-corrected chi connectivity index (χ2v) is 4.69. The molecule has 0 saturated heterocycles. The Hall–Kier alpha value is -3.15. The van der Waals surface area contributed by atoms with E-state index >= 15 is 0 Å². The molecule has 0 aliphatic rings. The molecule has 0 spiro atoms. The van der Waals surface area contributed by atoms with Gasteiger partial charge in [-0.25, -0.2) is 9.59 Å². The maximum Gasteiger partial charge on any atom is 0.377 e. The van der Waals surface area contributed by atoms with Crippen molar-refractivity contribution in [2.75, 3.05) is 7.11 Å². The van der Waals surface area contributed by atoms with Crippen molar-refractivity contribution in [2.24, 2.45) is 0 Å². The molecule has 110 valence electrons. The van der Waals surface area contributed by atoms with Gasteiger partial charge in [0.1, 0.15) is 0 Å². The maximum absolute atomic E-state index is 12.0. The average Bonchev–Trinajstić information content (AvgIpc) is 2.87. The Morgan fingerprint density at radius 1 is 1.05 bits per heavy atom. The Morgan fingerprint density at radius 2 is 1.77 bits per heavy atom. The third-order valence-corrected chi connectivity index (χ3v) is 3.48. The van der Waals surface area contributed by atoms with E-state index in [-0.39, 0.29) is 5.56 Å². The number of aliphatic carboxylic acids is 1. The number of fused-ring (bicyclic) bond motifs is 3. The number of benzene rings is 1. The van der Waals surface area contributed by atoms with E-state index in [2.05, 4.69) is 0 Å². The van der Waals surface area contributed by atoms with Crippen LogP contribution in [0.1, 0.15) is 20.7 Å². The summed E-state index contributed by atoms with van der Waals surface area (Å²) in [5.41, 5.74) is 1.66. The van der Waals surface area contributed by atoms with Gasteiger partial charge in [0.15, 0.2) is 0 Å². The summed E-state index contributed by atoms with van der Waals surface area (Å²) in [6.07, 6.45) is 1.42. The summed E-state index contributed by atoms with van der Waals surface area (Å²) in [5, 5.41) is 9.49. The SMILES string of the molecule is COC(=O)c1c2ccccc2n2cc(C(=O)C(=O)O)ccc12. The summed E-state index contributed by atoms with van der Waals surface area (Å²) in [7, 11) is 1.29. The second kappa shape index (κ2) is 5.00. The molecule has 0 amide bonds. The first-order chi connectivity index (χ1) is 10.5. The number of hydrogen-bond acceptors (Lipinski definition) is 4. The molecule has 2 aromatic heterocycles. The first kappa shape index (κ1) is 13.8. The zero-order valence-corrected chi connectivity index (χ0v) is 11.6.